The van der Waals surface area contributed by atoms with Crippen molar-refractivity contribution in [3.8, 4) is 0 Å². The zero-order valence-corrected chi connectivity index (χ0v) is 15.0. The molecule has 6 heteroatoms. The number of amides is 1. The smallest absolute Gasteiger partial charge is 0.306 e. The van der Waals surface area contributed by atoms with E-state index in [-0.39, 0.29) is 37.2 Å². The van der Waals surface area contributed by atoms with Crippen molar-refractivity contribution in [3.63, 3.8) is 0 Å². The number of halogens is 1. The van der Waals surface area contributed by atoms with Gasteiger partial charge in [-0.25, -0.2) is 4.39 Å². The fourth-order valence-corrected chi connectivity index (χ4v) is 3.23. The number of hydrogen-bond acceptors (Lipinski definition) is 4. The quantitative estimate of drug-likeness (QED) is 0.579. The second-order valence-electron chi connectivity index (χ2n) is 6.54. The predicted octanol–water partition coefficient (Wildman–Crippen LogP) is 3.31. The standard InChI is InChI=1S/C21H20FNO4/c1-14-12-16-4-2-3-5-18(16)23(14)20(25)13-27-21(26)11-10-19(24)15-6-8-17(22)9-7-15/h2-9,14H,10-13H2,1H3/t14-/m0/s1. The van der Waals surface area contributed by atoms with Crippen LogP contribution in [0.5, 0.6) is 0 Å². The Hall–Kier alpha value is -3.02. The Balaban J connectivity index is 1.48. The van der Waals surface area contributed by atoms with Gasteiger partial charge in [-0.05, 0) is 49.2 Å². The number of fused-ring (bicyclic) bond motifs is 1. The van der Waals surface area contributed by atoms with Crippen LogP contribution in [0.15, 0.2) is 48.5 Å². The lowest BCUT2D eigenvalue weighted by atomic mass is 10.1. The summed E-state index contributed by atoms with van der Waals surface area (Å²) in [5.41, 5.74) is 2.27. The van der Waals surface area contributed by atoms with E-state index in [0.29, 0.717) is 5.56 Å². The highest BCUT2D eigenvalue weighted by Gasteiger charge is 2.30. The molecule has 1 heterocycles. The number of hydrogen-bond donors (Lipinski definition) is 0. The number of esters is 1. The zero-order chi connectivity index (χ0) is 19.4. The number of carbonyl (C=O) groups excluding carboxylic acids is 3. The predicted molar refractivity (Wildman–Crippen MR) is 98.0 cm³/mol. The summed E-state index contributed by atoms with van der Waals surface area (Å²) in [6, 6.07) is 12.8. The second kappa shape index (κ2) is 8.12. The molecule has 1 atom stereocenters. The molecule has 0 aliphatic carbocycles. The van der Waals surface area contributed by atoms with E-state index in [9.17, 15) is 18.8 Å². The van der Waals surface area contributed by atoms with Gasteiger partial charge in [0.1, 0.15) is 5.82 Å². The van der Waals surface area contributed by atoms with Crippen LogP contribution in [0.1, 0.15) is 35.7 Å². The molecule has 0 bridgehead atoms. The maximum atomic E-state index is 12.9. The molecule has 1 aliphatic heterocycles. The van der Waals surface area contributed by atoms with Crippen molar-refractivity contribution in [2.24, 2.45) is 0 Å². The lowest BCUT2D eigenvalue weighted by Crippen LogP contribution is -2.38. The Morgan fingerprint density at radius 2 is 1.78 bits per heavy atom. The summed E-state index contributed by atoms with van der Waals surface area (Å²) < 4.78 is 17.9. The van der Waals surface area contributed by atoms with E-state index in [1.54, 1.807) is 4.90 Å². The summed E-state index contributed by atoms with van der Waals surface area (Å²) in [6.45, 7) is 1.59. The van der Waals surface area contributed by atoms with Crippen LogP contribution < -0.4 is 4.90 Å². The Labute approximate surface area is 156 Å². The van der Waals surface area contributed by atoms with Gasteiger partial charge in [-0.15, -0.1) is 0 Å². The van der Waals surface area contributed by atoms with E-state index >= 15 is 0 Å². The molecule has 0 radical (unpaired) electrons. The van der Waals surface area contributed by atoms with Crippen LogP contribution >= 0.6 is 0 Å². The normalized spacial score (nSPS) is 15.3. The Morgan fingerprint density at radius 3 is 2.52 bits per heavy atom. The molecule has 0 saturated carbocycles. The first-order chi connectivity index (χ1) is 13.0. The highest BCUT2D eigenvalue weighted by atomic mass is 19.1. The van der Waals surface area contributed by atoms with Crippen LogP contribution in [0.3, 0.4) is 0 Å². The van der Waals surface area contributed by atoms with Crippen LogP contribution in [-0.2, 0) is 20.7 Å². The van der Waals surface area contributed by atoms with E-state index in [2.05, 4.69) is 0 Å². The van der Waals surface area contributed by atoms with Crippen molar-refractivity contribution in [2.75, 3.05) is 11.5 Å². The van der Waals surface area contributed by atoms with Crippen LogP contribution in [0.4, 0.5) is 10.1 Å². The largest absolute Gasteiger partial charge is 0.456 e. The number of benzene rings is 2. The number of nitrogens with zero attached hydrogens (tertiary/aromatic N) is 1. The fraction of sp³-hybridized carbons (Fsp3) is 0.286. The number of anilines is 1. The first-order valence-corrected chi connectivity index (χ1v) is 8.80. The average molecular weight is 369 g/mol. The van der Waals surface area contributed by atoms with Gasteiger partial charge in [-0.2, -0.15) is 0 Å². The van der Waals surface area contributed by atoms with Crippen molar-refractivity contribution in [1.29, 1.82) is 0 Å². The summed E-state index contributed by atoms with van der Waals surface area (Å²) in [5, 5.41) is 0. The maximum absolute atomic E-state index is 12.9. The SMILES string of the molecule is C[C@H]1Cc2ccccc2N1C(=O)COC(=O)CCC(=O)c1ccc(F)cc1. The lowest BCUT2D eigenvalue weighted by Gasteiger charge is -2.22. The molecule has 0 spiro atoms. The summed E-state index contributed by atoms with van der Waals surface area (Å²) in [4.78, 5) is 38.0. The summed E-state index contributed by atoms with van der Waals surface area (Å²) in [5.74, 6) is -1.60. The minimum Gasteiger partial charge on any atom is -0.456 e. The minimum atomic E-state index is -0.612. The fourth-order valence-electron chi connectivity index (χ4n) is 3.23. The van der Waals surface area contributed by atoms with E-state index in [0.717, 1.165) is 17.7 Å². The van der Waals surface area contributed by atoms with Crippen LogP contribution in [0, 0.1) is 5.82 Å². The van der Waals surface area contributed by atoms with Crippen molar-refractivity contribution >= 4 is 23.3 Å². The van der Waals surface area contributed by atoms with Gasteiger partial charge in [0, 0.05) is 23.7 Å². The van der Waals surface area contributed by atoms with Gasteiger partial charge in [0.05, 0.1) is 6.42 Å². The summed E-state index contributed by atoms with van der Waals surface area (Å²) >= 11 is 0. The second-order valence-corrected chi connectivity index (χ2v) is 6.54. The Kier molecular flexibility index (Phi) is 5.64. The van der Waals surface area contributed by atoms with E-state index in [1.165, 1.54) is 24.3 Å². The number of para-hydroxylation sites is 1. The van der Waals surface area contributed by atoms with Gasteiger partial charge in [0.15, 0.2) is 12.4 Å². The molecule has 0 unspecified atom stereocenters. The summed E-state index contributed by atoms with van der Waals surface area (Å²) in [6.07, 6.45) is 0.583. The minimum absolute atomic E-state index is 0.00801. The molecule has 3 rings (SSSR count). The number of ether oxygens (including phenoxy) is 1. The molecule has 1 aliphatic rings. The molecule has 1 amide bonds. The van der Waals surface area contributed by atoms with Gasteiger partial charge >= 0.3 is 5.97 Å². The molecule has 0 N–H and O–H groups in total. The van der Waals surface area contributed by atoms with E-state index in [1.807, 2.05) is 31.2 Å². The average Bonchev–Trinajstić information content (AvgIpc) is 3.00. The van der Waals surface area contributed by atoms with Crippen molar-refractivity contribution in [3.05, 3.63) is 65.5 Å². The molecule has 0 saturated heterocycles. The molecule has 2 aromatic carbocycles. The first kappa shape index (κ1) is 18.8. The lowest BCUT2D eigenvalue weighted by molar-refractivity contribution is -0.147. The van der Waals surface area contributed by atoms with E-state index < -0.39 is 11.8 Å². The van der Waals surface area contributed by atoms with Gasteiger partial charge in [-0.1, -0.05) is 18.2 Å². The highest BCUT2D eigenvalue weighted by molar-refractivity contribution is 5.99. The number of carbonyl (C=O) groups is 3. The van der Waals surface area contributed by atoms with Crippen LogP contribution in [0.2, 0.25) is 0 Å². The Morgan fingerprint density at radius 1 is 1.07 bits per heavy atom. The monoisotopic (exact) mass is 369 g/mol. The molecule has 27 heavy (non-hydrogen) atoms. The maximum Gasteiger partial charge on any atom is 0.306 e. The molecule has 0 fully saturated rings. The molecular formula is C21H20FNO4. The number of rotatable bonds is 6. The van der Waals surface area contributed by atoms with Gasteiger partial charge in [-0.3, -0.25) is 14.4 Å². The molecular weight excluding hydrogens is 349 g/mol. The Bertz CT molecular complexity index is 863. The number of ketones is 1. The highest BCUT2D eigenvalue weighted by Crippen LogP contribution is 2.31. The molecule has 5 nitrogen and oxygen atoms in total. The van der Waals surface area contributed by atoms with Crippen LogP contribution in [0.25, 0.3) is 0 Å². The van der Waals surface area contributed by atoms with Crippen molar-refractivity contribution < 1.29 is 23.5 Å². The first-order valence-electron chi connectivity index (χ1n) is 8.80. The summed E-state index contributed by atoms with van der Waals surface area (Å²) in [7, 11) is 0. The van der Waals surface area contributed by atoms with Crippen molar-refractivity contribution in [1.82, 2.24) is 0 Å². The van der Waals surface area contributed by atoms with Crippen LogP contribution in [-0.4, -0.2) is 30.3 Å². The third-order valence-electron chi connectivity index (χ3n) is 4.55. The van der Waals surface area contributed by atoms with E-state index in [4.69, 9.17) is 4.74 Å². The van der Waals surface area contributed by atoms with Gasteiger partial charge in [0.25, 0.3) is 5.91 Å². The molecule has 2 aromatic rings. The zero-order valence-electron chi connectivity index (χ0n) is 15.0. The van der Waals surface area contributed by atoms with Gasteiger partial charge in [0.2, 0.25) is 0 Å². The third kappa shape index (κ3) is 4.39. The van der Waals surface area contributed by atoms with Gasteiger partial charge < -0.3 is 9.64 Å². The topological polar surface area (TPSA) is 63.7 Å². The molecule has 140 valence electrons. The van der Waals surface area contributed by atoms with Crippen molar-refractivity contribution in [2.45, 2.75) is 32.2 Å². The third-order valence-corrected chi connectivity index (χ3v) is 4.55. The molecule has 0 aromatic heterocycles. The number of Topliss-reactive ketones (excluding diaryl/α,β-unsaturated/α-hetero) is 1.